The predicted molar refractivity (Wildman–Crippen MR) is 97.5 cm³/mol. The van der Waals surface area contributed by atoms with Gasteiger partial charge in [0.2, 0.25) is 11.9 Å². The quantitative estimate of drug-likeness (QED) is 0.929. The van der Waals surface area contributed by atoms with Crippen molar-refractivity contribution in [3.8, 4) is 0 Å². The van der Waals surface area contributed by atoms with E-state index in [4.69, 9.17) is 0 Å². The van der Waals surface area contributed by atoms with E-state index in [1.165, 1.54) is 32.1 Å². The lowest BCUT2D eigenvalue weighted by Gasteiger charge is -2.32. The maximum Gasteiger partial charge on any atom is 0.231 e. The third-order valence-corrected chi connectivity index (χ3v) is 5.66. The molecule has 1 saturated heterocycles. The molecule has 134 valence electrons. The number of amides is 1. The number of carbonyl (C=O) groups is 1. The smallest absolute Gasteiger partial charge is 0.231 e. The average molecular weight is 341 g/mol. The van der Waals surface area contributed by atoms with E-state index in [9.17, 15) is 4.79 Å². The van der Waals surface area contributed by atoms with Crippen LogP contribution in [-0.4, -0.2) is 40.1 Å². The molecule has 1 amide bonds. The Balaban J connectivity index is 1.38. The van der Waals surface area contributed by atoms with Gasteiger partial charge in [0.15, 0.2) is 5.65 Å². The fourth-order valence-corrected chi connectivity index (χ4v) is 4.20. The molecular weight excluding hydrogens is 314 g/mol. The molecule has 4 rings (SSSR count). The summed E-state index contributed by atoms with van der Waals surface area (Å²) >= 11 is 0. The van der Waals surface area contributed by atoms with Gasteiger partial charge in [0.1, 0.15) is 0 Å². The molecule has 2 aromatic rings. The van der Waals surface area contributed by atoms with Gasteiger partial charge in [-0.15, -0.1) is 10.2 Å². The number of anilines is 1. The molecule has 6 heteroatoms. The normalized spacial score (nSPS) is 22.2. The first-order chi connectivity index (χ1) is 12.3. The van der Waals surface area contributed by atoms with Crippen LogP contribution in [-0.2, 0) is 4.79 Å². The van der Waals surface area contributed by atoms with Gasteiger partial charge in [-0.1, -0.05) is 25.3 Å². The zero-order valence-electron chi connectivity index (χ0n) is 14.7. The fourth-order valence-electron chi connectivity index (χ4n) is 4.20. The largest absolute Gasteiger partial charge is 0.356 e. The highest BCUT2D eigenvalue weighted by Gasteiger charge is 2.28. The van der Waals surface area contributed by atoms with Crippen LogP contribution in [0.2, 0.25) is 0 Å². The van der Waals surface area contributed by atoms with Crippen molar-refractivity contribution in [1.29, 1.82) is 0 Å². The topological polar surface area (TPSA) is 62.5 Å². The highest BCUT2D eigenvalue weighted by atomic mass is 16.1. The highest BCUT2D eigenvalue weighted by Crippen LogP contribution is 2.24. The summed E-state index contributed by atoms with van der Waals surface area (Å²) in [5, 5.41) is 11.8. The lowest BCUT2D eigenvalue weighted by Crippen LogP contribution is -2.44. The maximum absolute atomic E-state index is 12.6. The van der Waals surface area contributed by atoms with Gasteiger partial charge in [0.05, 0.1) is 5.92 Å². The minimum atomic E-state index is 0.0494. The summed E-state index contributed by atoms with van der Waals surface area (Å²) < 4.78 is 2.00. The number of hydrogen-bond acceptors (Lipinski definition) is 4. The van der Waals surface area contributed by atoms with Crippen molar-refractivity contribution in [2.24, 2.45) is 11.8 Å². The van der Waals surface area contributed by atoms with Crippen molar-refractivity contribution in [1.82, 2.24) is 19.9 Å². The van der Waals surface area contributed by atoms with Gasteiger partial charge >= 0.3 is 0 Å². The second-order valence-corrected chi connectivity index (χ2v) is 7.46. The molecule has 1 aliphatic carbocycles. The lowest BCUT2D eigenvalue weighted by atomic mass is 9.89. The van der Waals surface area contributed by atoms with Crippen LogP contribution in [0.4, 0.5) is 5.95 Å². The number of fused-ring (bicyclic) bond motifs is 1. The Kier molecular flexibility index (Phi) is 4.85. The van der Waals surface area contributed by atoms with E-state index < -0.39 is 0 Å². The number of aromatic nitrogens is 3. The number of carbonyl (C=O) groups excluding carboxylic acids is 1. The van der Waals surface area contributed by atoms with Gasteiger partial charge in [-0.3, -0.25) is 9.20 Å². The van der Waals surface area contributed by atoms with Crippen LogP contribution in [0.5, 0.6) is 0 Å². The molecule has 2 aliphatic rings. The van der Waals surface area contributed by atoms with Crippen molar-refractivity contribution < 1.29 is 4.79 Å². The van der Waals surface area contributed by atoms with Crippen LogP contribution in [0.3, 0.4) is 0 Å². The summed E-state index contributed by atoms with van der Waals surface area (Å²) in [5.74, 6) is 1.79. The van der Waals surface area contributed by atoms with E-state index in [1.807, 2.05) is 28.8 Å². The molecule has 2 aromatic heterocycles. The zero-order valence-corrected chi connectivity index (χ0v) is 14.7. The standard InChI is InChI=1S/C19H27N5O/c25-18(20-13-15-7-2-1-3-8-15)16-9-6-11-23(14-16)19-22-21-17-10-4-5-12-24(17)19/h4-5,10,12,15-16H,1-3,6-9,11,13-14H2,(H,20,25). The van der Waals surface area contributed by atoms with Crippen LogP contribution in [0, 0.1) is 11.8 Å². The SMILES string of the molecule is O=C(NCC1CCCCC1)C1CCCN(c2nnc3ccccn23)C1. The monoisotopic (exact) mass is 341 g/mol. The first kappa shape index (κ1) is 16.4. The number of piperidine rings is 1. The number of rotatable bonds is 4. The average Bonchev–Trinajstić information content (AvgIpc) is 3.11. The van der Waals surface area contributed by atoms with Crippen molar-refractivity contribution >= 4 is 17.5 Å². The number of pyridine rings is 1. The van der Waals surface area contributed by atoms with Gasteiger partial charge in [-0.2, -0.15) is 0 Å². The van der Waals surface area contributed by atoms with E-state index >= 15 is 0 Å². The molecule has 6 nitrogen and oxygen atoms in total. The Morgan fingerprint density at radius 2 is 2.00 bits per heavy atom. The van der Waals surface area contributed by atoms with Crippen LogP contribution < -0.4 is 10.2 Å². The minimum Gasteiger partial charge on any atom is -0.356 e. The summed E-state index contributed by atoms with van der Waals surface area (Å²) in [4.78, 5) is 14.8. The fraction of sp³-hybridized carbons (Fsp3) is 0.632. The first-order valence-electron chi connectivity index (χ1n) is 9.63. The number of nitrogens with one attached hydrogen (secondary N) is 1. The molecule has 1 N–H and O–H groups in total. The van der Waals surface area contributed by atoms with Gasteiger partial charge in [-0.25, -0.2) is 0 Å². The lowest BCUT2D eigenvalue weighted by molar-refractivity contribution is -0.125. The van der Waals surface area contributed by atoms with E-state index in [0.29, 0.717) is 5.92 Å². The summed E-state index contributed by atoms with van der Waals surface area (Å²) in [6.07, 6.45) is 10.5. The Bertz CT molecular complexity index is 721. The Labute approximate surface area is 148 Å². The van der Waals surface area contributed by atoms with Gasteiger partial charge in [0.25, 0.3) is 0 Å². The summed E-state index contributed by atoms with van der Waals surface area (Å²) in [7, 11) is 0. The van der Waals surface area contributed by atoms with E-state index in [-0.39, 0.29) is 11.8 Å². The van der Waals surface area contributed by atoms with E-state index in [0.717, 1.165) is 44.1 Å². The molecule has 2 fully saturated rings. The zero-order chi connectivity index (χ0) is 17.1. The molecule has 0 spiro atoms. The number of hydrogen-bond donors (Lipinski definition) is 1. The molecule has 3 heterocycles. The molecular formula is C19H27N5O. The maximum atomic E-state index is 12.6. The molecule has 1 aliphatic heterocycles. The van der Waals surface area contributed by atoms with Crippen LogP contribution in [0.25, 0.3) is 5.65 Å². The van der Waals surface area contributed by atoms with Crippen molar-refractivity contribution in [3.05, 3.63) is 24.4 Å². The predicted octanol–water partition coefficient (Wildman–Crippen LogP) is 2.64. The highest BCUT2D eigenvalue weighted by molar-refractivity contribution is 5.79. The number of nitrogens with zero attached hydrogens (tertiary/aromatic N) is 4. The van der Waals surface area contributed by atoms with Crippen LogP contribution in [0.15, 0.2) is 24.4 Å². The third-order valence-electron chi connectivity index (χ3n) is 5.66. The Hall–Kier alpha value is -2.11. The summed E-state index contributed by atoms with van der Waals surface area (Å²) in [6, 6.07) is 5.90. The molecule has 0 aromatic carbocycles. The first-order valence-corrected chi connectivity index (χ1v) is 9.63. The molecule has 1 unspecified atom stereocenters. The van der Waals surface area contributed by atoms with Crippen molar-refractivity contribution in [3.63, 3.8) is 0 Å². The molecule has 1 atom stereocenters. The van der Waals surface area contributed by atoms with Crippen LogP contribution >= 0.6 is 0 Å². The van der Waals surface area contributed by atoms with Crippen molar-refractivity contribution in [2.45, 2.75) is 44.9 Å². The van der Waals surface area contributed by atoms with Gasteiger partial charge < -0.3 is 10.2 Å². The van der Waals surface area contributed by atoms with Crippen molar-refractivity contribution in [2.75, 3.05) is 24.5 Å². The second kappa shape index (κ2) is 7.42. The summed E-state index contributed by atoms with van der Waals surface area (Å²) in [6.45, 7) is 2.51. The Morgan fingerprint density at radius 3 is 2.88 bits per heavy atom. The minimum absolute atomic E-state index is 0.0494. The molecule has 0 bridgehead atoms. The molecule has 0 radical (unpaired) electrons. The Morgan fingerprint density at radius 1 is 1.12 bits per heavy atom. The third kappa shape index (κ3) is 3.62. The molecule has 25 heavy (non-hydrogen) atoms. The van der Waals surface area contributed by atoms with Crippen LogP contribution in [0.1, 0.15) is 44.9 Å². The second-order valence-electron chi connectivity index (χ2n) is 7.46. The van der Waals surface area contributed by atoms with Gasteiger partial charge in [0, 0.05) is 25.8 Å². The van der Waals surface area contributed by atoms with E-state index in [2.05, 4.69) is 20.4 Å². The summed E-state index contributed by atoms with van der Waals surface area (Å²) in [5.41, 5.74) is 0.848. The van der Waals surface area contributed by atoms with Gasteiger partial charge in [-0.05, 0) is 43.7 Å². The van der Waals surface area contributed by atoms with E-state index in [1.54, 1.807) is 0 Å². The molecule has 1 saturated carbocycles.